The quantitative estimate of drug-likeness (QED) is 0.395. The first-order valence-electron chi connectivity index (χ1n) is 3.41. The zero-order valence-electron chi connectivity index (χ0n) is 7.41. The number of anilines is 2. The van der Waals surface area contributed by atoms with Gasteiger partial charge in [0.05, 0.1) is 0 Å². The molecule has 0 saturated carbocycles. The van der Waals surface area contributed by atoms with Crippen molar-refractivity contribution in [2.75, 3.05) is 11.5 Å². The molecule has 15 heavy (non-hydrogen) atoms. The molecule has 0 saturated heterocycles. The second-order valence-corrected chi connectivity index (χ2v) is 1.82. The summed E-state index contributed by atoms with van der Waals surface area (Å²) in [5.74, 6) is 0.713. The number of nitrogens with one attached hydrogen (secondary N) is 2. The molecule has 0 aromatic carbocycles. The van der Waals surface area contributed by atoms with E-state index in [4.69, 9.17) is 21.1 Å². The fourth-order valence-electron chi connectivity index (χ4n) is 0.430. The molecule has 80 valence electrons. The Morgan fingerprint density at radius 1 is 1.00 bits per heavy atom. The Morgan fingerprint density at radius 2 is 1.33 bits per heavy atom. The Kier molecular flexibility index (Phi) is 6.45. The smallest absolute Gasteiger partial charge is 0.368 e. The molecule has 10 heteroatoms. The highest BCUT2D eigenvalue weighted by atomic mass is 16.2. The van der Waals surface area contributed by atoms with Crippen LogP contribution in [-0.2, 0) is 9.59 Å². The van der Waals surface area contributed by atoms with Crippen LogP contribution in [0, 0.1) is 0 Å². The van der Waals surface area contributed by atoms with Gasteiger partial charge in [-0.3, -0.25) is 0 Å². The largest absolute Gasteiger partial charge is 0.373 e. The molecule has 0 aliphatic rings. The lowest BCUT2D eigenvalue weighted by Crippen LogP contribution is -1.84. The van der Waals surface area contributed by atoms with Gasteiger partial charge in [0, 0.05) is 0 Å². The Labute approximate surface area is 83.1 Å². The maximum absolute atomic E-state index is 8.12. The molecule has 0 bridgehead atoms. The molecule has 0 atom stereocenters. The number of nitrogens with two attached hydrogens (primary N) is 2. The van der Waals surface area contributed by atoms with Crippen molar-refractivity contribution in [1.82, 2.24) is 30.4 Å². The summed E-state index contributed by atoms with van der Waals surface area (Å²) >= 11 is 0. The molecule has 0 amide bonds. The topological polar surface area (TPSA) is 169 Å². The van der Waals surface area contributed by atoms with Crippen LogP contribution in [0.1, 0.15) is 0 Å². The van der Waals surface area contributed by atoms with E-state index in [9.17, 15) is 0 Å². The van der Waals surface area contributed by atoms with Crippen LogP contribution in [-0.4, -0.2) is 36.5 Å². The van der Waals surface area contributed by atoms with Crippen molar-refractivity contribution in [1.29, 1.82) is 0 Å². The van der Waals surface area contributed by atoms with E-state index in [1.165, 1.54) is 12.7 Å². The van der Waals surface area contributed by atoms with Gasteiger partial charge in [0.25, 0.3) is 0 Å². The van der Waals surface area contributed by atoms with Crippen LogP contribution >= 0.6 is 0 Å². The average molecular weight is 212 g/mol. The van der Waals surface area contributed by atoms with Gasteiger partial charge in [-0.25, -0.2) is 20.2 Å². The van der Waals surface area contributed by atoms with E-state index in [0.717, 1.165) is 0 Å². The minimum absolute atomic E-state index is 0.250. The molecule has 0 aliphatic heterocycles. The summed E-state index contributed by atoms with van der Waals surface area (Å²) in [5, 5.41) is 11.8. The van der Waals surface area contributed by atoms with Crippen molar-refractivity contribution >= 4 is 18.0 Å². The zero-order chi connectivity index (χ0) is 11.5. The molecule has 2 rings (SSSR count). The van der Waals surface area contributed by atoms with Crippen LogP contribution in [0.15, 0.2) is 12.7 Å². The Morgan fingerprint density at radius 3 is 1.40 bits per heavy atom. The van der Waals surface area contributed by atoms with Crippen LogP contribution in [0.5, 0.6) is 0 Å². The molecule has 0 radical (unpaired) electrons. The molecular formula is C5H8N8O2. The fraction of sp³-hybridized carbons (Fsp3) is 0. The molecule has 0 aliphatic carbocycles. The second kappa shape index (κ2) is 7.89. The highest BCUT2D eigenvalue weighted by molar-refractivity contribution is 5.20. The van der Waals surface area contributed by atoms with Crippen molar-refractivity contribution in [3.63, 3.8) is 0 Å². The second-order valence-electron chi connectivity index (χ2n) is 1.82. The van der Waals surface area contributed by atoms with Crippen molar-refractivity contribution < 1.29 is 9.59 Å². The first-order valence-corrected chi connectivity index (χ1v) is 3.41. The first-order chi connectivity index (χ1) is 7.20. The Bertz CT molecular complexity index is 329. The summed E-state index contributed by atoms with van der Waals surface area (Å²) in [4.78, 5) is 23.3. The van der Waals surface area contributed by atoms with E-state index in [1.807, 2.05) is 0 Å². The molecule has 2 aromatic heterocycles. The highest BCUT2D eigenvalue weighted by Gasteiger charge is 1.76. The molecule has 2 aromatic rings. The number of hydrogen-bond donors (Lipinski definition) is 4. The lowest BCUT2D eigenvalue weighted by atomic mass is 11.1. The summed E-state index contributed by atoms with van der Waals surface area (Å²) < 4.78 is 0. The summed E-state index contributed by atoms with van der Waals surface area (Å²) in [6.07, 6.45) is 2.96. The summed E-state index contributed by atoms with van der Waals surface area (Å²) in [7, 11) is 0. The maximum atomic E-state index is 8.12. The minimum Gasteiger partial charge on any atom is -0.368 e. The number of rotatable bonds is 0. The van der Waals surface area contributed by atoms with E-state index in [2.05, 4.69) is 30.4 Å². The molecule has 6 N–H and O–H groups in total. The minimum atomic E-state index is 0.250. The zero-order valence-corrected chi connectivity index (χ0v) is 7.41. The lowest BCUT2D eigenvalue weighted by Gasteiger charge is -1.68. The van der Waals surface area contributed by atoms with Crippen molar-refractivity contribution in [3.8, 4) is 0 Å². The number of aromatic nitrogens is 6. The standard InChI is InChI=1S/2C2H4N4.CO2/c2*3-2-4-1-5-6-2;2-1-3/h2*1H,(H3,3,4,5,6);. The van der Waals surface area contributed by atoms with E-state index in [1.54, 1.807) is 0 Å². The Balaban J connectivity index is 0.000000210. The van der Waals surface area contributed by atoms with Gasteiger partial charge in [-0.15, -0.1) is 0 Å². The van der Waals surface area contributed by atoms with Crippen LogP contribution < -0.4 is 11.5 Å². The van der Waals surface area contributed by atoms with Gasteiger partial charge >= 0.3 is 6.15 Å². The van der Waals surface area contributed by atoms with Crippen molar-refractivity contribution in [3.05, 3.63) is 12.7 Å². The summed E-state index contributed by atoms with van der Waals surface area (Å²) in [5.41, 5.74) is 10.1. The number of aromatic amines is 2. The van der Waals surface area contributed by atoms with Gasteiger partial charge in [-0.2, -0.15) is 19.8 Å². The van der Waals surface area contributed by atoms with Gasteiger partial charge in [0.1, 0.15) is 12.7 Å². The molecule has 0 unspecified atom stereocenters. The van der Waals surface area contributed by atoms with E-state index >= 15 is 0 Å². The fourth-order valence-corrected chi connectivity index (χ4v) is 0.430. The summed E-state index contributed by atoms with van der Waals surface area (Å²) in [6, 6.07) is 0. The van der Waals surface area contributed by atoms with Crippen molar-refractivity contribution in [2.45, 2.75) is 0 Å². The number of nitrogens with zero attached hydrogens (tertiary/aromatic N) is 4. The molecule has 2 heterocycles. The van der Waals surface area contributed by atoms with E-state index < -0.39 is 0 Å². The number of H-pyrrole nitrogens is 2. The predicted molar refractivity (Wildman–Crippen MR) is 46.6 cm³/mol. The SMILES string of the molecule is Nc1ncn[nH]1.Nc1ncn[nH]1.O=C=O. The van der Waals surface area contributed by atoms with Gasteiger partial charge in [0.15, 0.2) is 0 Å². The summed E-state index contributed by atoms with van der Waals surface area (Å²) in [6.45, 7) is 0. The van der Waals surface area contributed by atoms with E-state index in [-0.39, 0.29) is 6.15 Å². The van der Waals surface area contributed by atoms with Crippen LogP contribution in [0.4, 0.5) is 11.9 Å². The third-order valence-corrected chi connectivity index (χ3v) is 0.867. The third-order valence-electron chi connectivity index (χ3n) is 0.867. The average Bonchev–Trinajstić information content (AvgIpc) is 2.81. The number of carbonyl (C=O) groups excluding carboxylic acids is 2. The van der Waals surface area contributed by atoms with Gasteiger partial charge in [-0.05, 0) is 0 Å². The number of nitrogen functional groups attached to an aromatic ring is 2. The number of hydrogen-bond acceptors (Lipinski definition) is 8. The van der Waals surface area contributed by atoms with Gasteiger partial charge < -0.3 is 11.5 Å². The first kappa shape index (κ1) is 12.3. The van der Waals surface area contributed by atoms with Crippen LogP contribution in [0.2, 0.25) is 0 Å². The third kappa shape index (κ3) is 7.62. The van der Waals surface area contributed by atoms with Crippen LogP contribution in [0.3, 0.4) is 0 Å². The molecule has 0 fully saturated rings. The van der Waals surface area contributed by atoms with Gasteiger partial charge in [-0.1, -0.05) is 0 Å². The lowest BCUT2D eigenvalue weighted by molar-refractivity contribution is -0.191. The Hall–Kier alpha value is -2.74. The molecule has 10 nitrogen and oxygen atoms in total. The van der Waals surface area contributed by atoms with Crippen molar-refractivity contribution in [2.24, 2.45) is 0 Å². The maximum Gasteiger partial charge on any atom is 0.373 e. The van der Waals surface area contributed by atoms with Gasteiger partial charge in [0.2, 0.25) is 11.9 Å². The van der Waals surface area contributed by atoms with E-state index in [0.29, 0.717) is 11.9 Å². The van der Waals surface area contributed by atoms with Crippen LogP contribution in [0.25, 0.3) is 0 Å². The highest BCUT2D eigenvalue weighted by Crippen LogP contribution is 1.77. The predicted octanol–water partition coefficient (Wildman–Crippen LogP) is -1.81. The normalized spacial score (nSPS) is 7.47. The molecule has 0 spiro atoms. The molecular weight excluding hydrogens is 204 g/mol. The monoisotopic (exact) mass is 212 g/mol.